The van der Waals surface area contributed by atoms with Crippen LogP contribution in [-0.4, -0.2) is 24.2 Å². The molecule has 0 aliphatic carbocycles. The van der Waals surface area contributed by atoms with E-state index in [4.69, 9.17) is 9.47 Å². The zero-order chi connectivity index (χ0) is 17.6. The number of benzene rings is 2. The Balaban J connectivity index is 1.67. The predicted octanol–water partition coefficient (Wildman–Crippen LogP) is 3.31. The van der Waals surface area contributed by atoms with Crippen LogP contribution in [0.3, 0.4) is 0 Å². The van der Waals surface area contributed by atoms with Crippen molar-refractivity contribution >= 4 is 22.8 Å². The van der Waals surface area contributed by atoms with E-state index in [1.54, 1.807) is 54.9 Å². The highest BCUT2D eigenvalue weighted by Crippen LogP contribution is 2.22. The maximum absolute atomic E-state index is 11.9. The first-order valence-corrected chi connectivity index (χ1v) is 7.62. The molecule has 0 radical (unpaired) electrons. The Labute approximate surface area is 144 Å². The number of fused-ring (bicyclic) bond motifs is 1. The van der Waals surface area contributed by atoms with Crippen LogP contribution in [0, 0.1) is 0 Å². The van der Waals surface area contributed by atoms with Crippen molar-refractivity contribution in [3.05, 3.63) is 72.1 Å². The van der Waals surface area contributed by atoms with Gasteiger partial charge < -0.3 is 14.8 Å². The molecule has 1 aromatic heterocycles. The van der Waals surface area contributed by atoms with Crippen molar-refractivity contribution in [1.29, 1.82) is 0 Å². The summed E-state index contributed by atoms with van der Waals surface area (Å²) in [5.41, 5.74) is 1.35. The summed E-state index contributed by atoms with van der Waals surface area (Å²) in [7, 11) is 1.34. The summed E-state index contributed by atoms with van der Waals surface area (Å²) in [4.78, 5) is 27.4. The molecule has 0 unspecified atom stereocenters. The first-order valence-electron chi connectivity index (χ1n) is 7.62. The molecule has 0 saturated heterocycles. The zero-order valence-corrected chi connectivity index (χ0v) is 13.6. The average molecular weight is 336 g/mol. The van der Waals surface area contributed by atoms with Gasteiger partial charge in [0.15, 0.2) is 0 Å². The van der Waals surface area contributed by atoms with E-state index in [9.17, 15) is 9.59 Å². The number of carbonyl (C=O) groups excluding carboxylic acids is 2. The van der Waals surface area contributed by atoms with Gasteiger partial charge in [-0.1, -0.05) is 18.2 Å². The quantitative estimate of drug-likeness (QED) is 0.740. The van der Waals surface area contributed by atoms with E-state index in [1.165, 1.54) is 7.11 Å². The number of aromatic nitrogens is 1. The molecule has 0 bridgehead atoms. The summed E-state index contributed by atoms with van der Waals surface area (Å²) < 4.78 is 9.98. The highest BCUT2D eigenvalue weighted by Gasteiger charge is 2.08. The Bertz CT molecular complexity index is 910. The van der Waals surface area contributed by atoms with E-state index in [1.807, 2.05) is 6.07 Å². The molecule has 126 valence electrons. The number of hydrogen-bond donors (Lipinski definition) is 1. The molecule has 1 amide bonds. The lowest BCUT2D eigenvalue weighted by molar-refractivity contribution is 0.0601. The van der Waals surface area contributed by atoms with E-state index in [0.29, 0.717) is 17.9 Å². The Morgan fingerprint density at radius 2 is 1.88 bits per heavy atom. The SMILES string of the molecule is COC(=O)c1ccc2cc(OC(=O)NCc3cccnc3)ccc2c1. The van der Waals surface area contributed by atoms with Crippen LogP contribution in [0.15, 0.2) is 60.9 Å². The molecular weight excluding hydrogens is 320 g/mol. The van der Waals surface area contributed by atoms with Gasteiger partial charge in [0.25, 0.3) is 0 Å². The molecule has 0 atom stereocenters. The number of pyridine rings is 1. The Morgan fingerprint density at radius 1 is 1.08 bits per heavy atom. The number of hydrogen-bond acceptors (Lipinski definition) is 5. The molecule has 2 aromatic carbocycles. The third-order valence-electron chi connectivity index (χ3n) is 3.60. The molecule has 0 aliphatic heterocycles. The van der Waals surface area contributed by atoms with Gasteiger partial charge >= 0.3 is 12.1 Å². The van der Waals surface area contributed by atoms with Gasteiger partial charge in [-0.25, -0.2) is 9.59 Å². The molecule has 25 heavy (non-hydrogen) atoms. The lowest BCUT2D eigenvalue weighted by Gasteiger charge is -2.08. The van der Waals surface area contributed by atoms with Crippen molar-refractivity contribution in [1.82, 2.24) is 10.3 Å². The van der Waals surface area contributed by atoms with Crippen molar-refractivity contribution in [2.45, 2.75) is 6.54 Å². The molecular formula is C19H16N2O4. The molecule has 1 N–H and O–H groups in total. The lowest BCUT2D eigenvalue weighted by atomic mass is 10.1. The van der Waals surface area contributed by atoms with Crippen molar-refractivity contribution in [2.75, 3.05) is 7.11 Å². The summed E-state index contributed by atoms with van der Waals surface area (Å²) in [5, 5.41) is 4.37. The van der Waals surface area contributed by atoms with Crippen molar-refractivity contribution in [3.63, 3.8) is 0 Å². The van der Waals surface area contributed by atoms with Crippen LogP contribution in [-0.2, 0) is 11.3 Å². The van der Waals surface area contributed by atoms with Crippen molar-refractivity contribution in [3.8, 4) is 5.75 Å². The number of methoxy groups -OCH3 is 1. The maximum atomic E-state index is 11.9. The number of nitrogens with one attached hydrogen (secondary N) is 1. The Kier molecular flexibility index (Phi) is 4.89. The molecule has 0 spiro atoms. The minimum Gasteiger partial charge on any atom is -0.465 e. The number of nitrogens with zero attached hydrogens (tertiary/aromatic N) is 1. The highest BCUT2D eigenvalue weighted by molar-refractivity contribution is 5.95. The van der Waals surface area contributed by atoms with Crippen LogP contribution in [0.4, 0.5) is 4.79 Å². The van der Waals surface area contributed by atoms with Crippen molar-refractivity contribution < 1.29 is 19.1 Å². The van der Waals surface area contributed by atoms with Gasteiger partial charge in [-0.05, 0) is 46.7 Å². The van der Waals surface area contributed by atoms with Crippen LogP contribution in [0.25, 0.3) is 10.8 Å². The summed E-state index contributed by atoms with van der Waals surface area (Å²) in [6.07, 6.45) is 2.80. The fraction of sp³-hybridized carbons (Fsp3) is 0.105. The molecule has 3 aromatic rings. The number of carbonyl (C=O) groups is 2. The second kappa shape index (κ2) is 7.44. The standard InChI is InChI=1S/C19H16N2O4/c1-24-18(22)16-5-4-15-10-17(7-6-14(15)9-16)25-19(23)21-12-13-3-2-8-20-11-13/h2-11H,12H2,1H3,(H,21,23). The molecule has 1 heterocycles. The largest absolute Gasteiger partial charge is 0.465 e. The van der Waals surface area contributed by atoms with Gasteiger partial charge in [-0.2, -0.15) is 0 Å². The fourth-order valence-electron chi connectivity index (χ4n) is 2.35. The van der Waals surface area contributed by atoms with Gasteiger partial charge in [-0.3, -0.25) is 4.98 Å². The van der Waals surface area contributed by atoms with Gasteiger partial charge in [0, 0.05) is 18.9 Å². The smallest absolute Gasteiger partial charge is 0.412 e. The molecule has 0 aliphatic rings. The van der Waals surface area contributed by atoms with Crippen LogP contribution in [0.1, 0.15) is 15.9 Å². The summed E-state index contributed by atoms with van der Waals surface area (Å²) in [6.45, 7) is 0.336. The van der Waals surface area contributed by atoms with Crippen LogP contribution in [0.2, 0.25) is 0 Å². The second-order valence-electron chi connectivity index (χ2n) is 5.32. The minimum atomic E-state index is -0.547. The number of ether oxygens (including phenoxy) is 2. The Morgan fingerprint density at radius 3 is 2.64 bits per heavy atom. The Hall–Kier alpha value is -3.41. The zero-order valence-electron chi connectivity index (χ0n) is 13.6. The van der Waals surface area contributed by atoms with Crippen LogP contribution in [0.5, 0.6) is 5.75 Å². The topological polar surface area (TPSA) is 77.5 Å². The van der Waals surface area contributed by atoms with E-state index >= 15 is 0 Å². The minimum absolute atomic E-state index is 0.336. The van der Waals surface area contributed by atoms with Gasteiger partial charge in [0.1, 0.15) is 5.75 Å². The first kappa shape index (κ1) is 16.4. The first-order chi connectivity index (χ1) is 12.2. The average Bonchev–Trinajstić information content (AvgIpc) is 2.66. The number of rotatable bonds is 4. The van der Waals surface area contributed by atoms with Gasteiger partial charge in [0.2, 0.25) is 0 Å². The molecule has 6 heteroatoms. The third-order valence-corrected chi connectivity index (χ3v) is 3.60. The number of amides is 1. The lowest BCUT2D eigenvalue weighted by Crippen LogP contribution is -2.26. The van der Waals surface area contributed by atoms with Crippen LogP contribution >= 0.6 is 0 Å². The fourth-order valence-corrected chi connectivity index (χ4v) is 2.35. The highest BCUT2D eigenvalue weighted by atomic mass is 16.6. The van der Waals surface area contributed by atoms with Gasteiger partial charge in [0.05, 0.1) is 12.7 Å². The molecule has 6 nitrogen and oxygen atoms in total. The third kappa shape index (κ3) is 4.11. The van der Waals surface area contributed by atoms with E-state index in [0.717, 1.165) is 16.3 Å². The van der Waals surface area contributed by atoms with E-state index in [2.05, 4.69) is 10.3 Å². The second-order valence-corrected chi connectivity index (χ2v) is 5.32. The maximum Gasteiger partial charge on any atom is 0.412 e. The molecule has 3 rings (SSSR count). The summed E-state index contributed by atoms with van der Waals surface area (Å²) >= 11 is 0. The summed E-state index contributed by atoms with van der Waals surface area (Å²) in [6, 6.07) is 14.0. The van der Waals surface area contributed by atoms with E-state index in [-0.39, 0.29) is 0 Å². The predicted molar refractivity (Wildman–Crippen MR) is 92.4 cm³/mol. The molecule has 0 saturated carbocycles. The number of esters is 1. The van der Waals surface area contributed by atoms with Gasteiger partial charge in [-0.15, -0.1) is 0 Å². The van der Waals surface area contributed by atoms with Crippen LogP contribution < -0.4 is 10.1 Å². The monoisotopic (exact) mass is 336 g/mol. The normalized spacial score (nSPS) is 10.3. The van der Waals surface area contributed by atoms with Crippen molar-refractivity contribution in [2.24, 2.45) is 0 Å². The summed E-state index contributed by atoms with van der Waals surface area (Å²) in [5.74, 6) is 0.0269. The molecule has 0 fully saturated rings. The van der Waals surface area contributed by atoms with E-state index < -0.39 is 12.1 Å².